The molecule has 2 unspecified atom stereocenters. The molecule has 0 spiro atoms. The second-order valence-electron chi connectivity index (χ2n) is 5.66. The zero-order chi connectivity index (χ0) is 14.2. The lowest BCUT2D eigenvalue weighted by Crippen LogP contribution is -2.42. The van der Waals surface area contributed by atoms with Gasteiger partial charge in [0.05, 0.1) is 23.6 Å². The summed E-state index contributed by atoms with van der Waals surface area (Å²) in [5.41, 5.74) is 0.919. The van der Waals surface area contributed by atoms with Gasteiger partial charge in [-0.25, -0.2) is 4.68 Å². The lowest BCUT2D eigenvalue weighted by molar-refractivity contribution is -0.138. The van der Waals surface area contributed by atoms with Gasteiger partial charge in [-0.1, -0.05) is 18.2 Å². The first kappa shape index (κ1) is 13.3. The monoisotopic (exact) mass is 272 g/mol. The third-order valence-corrected chi connectivity index (χ3v) is 3.84. The summed E-state index contributed by atoms with van der Waals surface area (Å²) >= 11 is 0. The molecule has 20 heavy (non-hydrogen) atoms. The normalized spacial score (nSPS) is 30.4. The molecule has 2 aromatic rings. The van der Waals surface area contributed by atoms with E-state index in [2.05, 4.69) is 5.10 Å². The lowest BCUT2D eigenvalue weighted by atomic mass is 9.84. The van der Waals surface area contributed by atoms with Crippen molar-refractivity contribution >= 4 is 0 Å². The average molecular weight is 272 g/mol. The van der Waals surface area contributed by atoms with Crippen LogP contribution in [-0.4, -0.2) is 27.1 Å². The quantitative estimate of drug-likeness (QED) is 0.914. The van der Waals surface area contributed by atoms with Gasteiger partial charge in [-0.2, -0.15) is 5.10 Å². The highest BCUT2D eigenvalue weighted by Gasteiger charge is 2.40. The maximum absolute atomic E-state index is 11.1. The zero-order valence-electron chi connectivity index (χ0n) is 11.9. The van der Waals surface area contributed by atoms with Gasteiger partial charge in [0.2, 0.25) is 0 Å². The molecule has 1 aromatic heterocycles. The van der Waals surface area contributed by atoms with Crippen LogP contribution in [0.4, 0.5) is 0 Å². The molecular formula is C16H20N2O2. The average Bonchev–Trinajstić information content (AvgIpc) is 2.88. The Labute approximate surface area is 119 Å². The van der Waals surface area contributed by atoms with Gasteiger partial charge in [0, 0.05) is 19.0 Å². The molecule has 1 aliphatic rings. The van der Waals surface area contributed by atoms with Crippen LogP contribution in [0, 0.1) is 0 Å². The molecule has 0 radical (unpaired) electrons. The second-order valence-corrected chi connectivity index (χ2v) is 5.66. The molecule has 1 aliphatic heterocycles. The third kappa shape index (κ3) is 2.37. The molecule has 3 rings (SSSR count). The number of hydrogen-bond donors (Lipinski definition) is 1. The zero-order valence-corrected chi connectivity index (χ0v) is 11.9. The SMILES string of the molecule is CC1CC(O)(c2ccnn2-c2ccccc2)CC(C)O1. The number of benzene rings is 1. The molecule has 4 nitrogen and oxygen atoms in total. The van der Waals surface area contributed by atoms with Gasteiger partial charge in [0.15, 0.2) is 0 Å². The van der Waals surface area contributed by atoms with Gasteiger partial charge in [0.1, 0.15) is 5.60 Å². The maximum atomic E-state index is 11.1. The molecule has 1 N–H and O–H groups in total. The van der Waals surface area contributed by atoms with Crippen molar-refractivity contribution in [3.8, 4) is 5.69 Å². The fraction of sp³-hybridized carbons (Fsp3) is 0.438. The van der Waals surface area contributed by atoms with E-state index in [-0.39, 0.29) is 12.2 Å². The molecule has 0 bridgehead atoms. The molecule has 2 atom stereocenters. The predicted octanol–water partition coefficient (Wildman–Crippen LogP) is 2.65. The summed E-state index contributed by atoms with van der Waals surface area (Å²) in [4.78, 5) is 0. The summed E-state index contributed by atoms with van der Waals surface area (Å²) in [6.45, 7) is 4.01. The fourth-order valence-corrected chi connectivity index (χ4v) is 3.17. The Kier molecular flexibility index (Phi) is 3.36. The highest BCUT2D eigenvalue weighted by molar-refractivity contribution is 5.34. The van der Waals surface area contributed by atoms with Gasteiger partial charge in [-0.15, -0.1) is 0 Å². The molecule has 2 heterocycles. The van der Waals surface area contributed by atoms with E-state index in [0.29, 0.717) is 12.8 Å². The van der Waals surface area contributed by atoms with Crippen LogP contribution in [0.25, 0.3) is 5.69 Å². The number of ether oxygens (including phenoxy) is 1. The van der Waals surface area contributed by atoms with Gasteiger partial charge in [-0.05, 0) is 32.0 Å². The smallest absolute Gasteiger partial charge is 0.112 e. The molecular weight excluding hydrogens is 252 g/mol. The Morgan fingerprint density at radius 1 is 1.15 bits per heavy atom. The molecule has 0 aliphatic carbocycles. The maximum Gasteiger partial charge on any atom is 0.112 e. The van der Waals surface area contributed by atoms with Crippen molar-refractivity contribution in [2.24, 2.45) is 0 Å². The van der Waals surface area contributed by atoms with Crippen LogP contribution in [0.2, 0.25) is 0 Å². The predicted molar refractivity (Wildman–Crippen MR) is 76.7 cm³/mol. The summed E-state index contributed by atoms with van der Waals surface area (Å²) in [7, 11) is 0. The summed E-state index contributed by atoms with van der Waals surface area (Å²) in [5, 5.41) is 15.4. The van der Waals surface area contributed by atoms with Crippen molar-refractivity contribution in [2.75, 3.05) is 0 Å². The minimum atomic E-state index is -0.885. The molecule has 4 heteroatoms. The van der Waals surface area contributed by atoms with E-state index in [1.807, 2.05) is 54.9 Å². The topological polar surface area (TPSA) is 47.3 Å². The van der Waals surface area contributed by atoms with Crippen molar-refractivity contribution in [2.45, 2.75) is 44.5 Å². The molecule has 0 saturated carbocycles. The van der Waals surface area contributed by atoms with Crippen LogP contribution < -0.4 is 0 Å². The van der Waals surface area contributed by atoms with Crippen molar-refractivity contribution in [1.29, 1.82) is 0 Å². The highest BCUT2D eigenvalue weighted by Crippen LogP contribution is 2.37. The Morgan fingerprint density at radius 2 is 1.80 bits per heavy atom. The number of para-hydroxylation sites is 1. The number of aromatic nitrogens is 2. The van der Waals surface area contributed by atoms with E-state index in [1.54, 1.807) is 6.20 Å². The van der Waals surface area contributed by atoms with E-state index in [0.717, 1.165) is 11.4 Å². The largest absolute Gasteiger partial charge is 0.383 e. The van der Waals surface area contributed by atoms with E-state index in [1.165, 1.54) is 0 Å². The van der Waals surface area contributed by atoms with Crippen LogP contribution in [-0.2, 0) is 10.3 Å². The first-order valence-corrected chi connectivity index (χ1v) is 7.06. The van der Waals surface area contributed by atoms with Crippen molar-refractivity contribution < 1.29 is 9.84 Å². The summed E-state index contributed by atoms with van der Waals surface area (Å²) in [6, 6.07) is 11.8. The van der Waals surface area contributed by atoms with Gasteiger partial charge in [-0.3, -0.25) is 0 Å². The molecule has 0 amide bonds. The van der Waals surface area contributed by atoms with Gasteiger partial charge < -0.3 is 9.84 Å². The summed E-state index contributed by atoms with van der Waals surface area (Å²) < 4.78 is 7.56. The lowest BCUT2D eigenvalue weighted by Gasteiger charge is -2.39. The number of hydrogen-bond acceptors (Lipinski definition) is 3. The third-order valence-electron chi connectivity index (χ3n) is 3.84. The van der Waals surface area contributed by atoms with Crippen molar-refractivity contribution in [3.63, 3.8) is 0 Å². The minimum Gasteiger partial charge on any atom is -0.383 e. The van der Waals surface area contributed by atoms with Gasteiger partial charge in [0.25, 0.3) is 0 Å². The first-order valence-electron chi connectivity index (χ1n) is 7.06. The van der Waals surface area contributed by atoms with Crippen LogP contribution in [0.5, 0.6) is 0 Å². The van der Waals surface area contributed by atoms with E-state index < -0.39 is 5.60 Å². The summed E-state index contributed by atoms with van der Waals surface area (Å²) in [6.07, 6.45) is 3.02. The Morgan fingerprint density at radius 3 is 2.45 bits per heavy atom. The number of aliphatic hydroxyl groups is 1. The molecule has 1 aromatic carbocycles. The number of rotatable bonds is 2. The highest BCUT2D eigenvalue weighted by atomic mass is 16.5. The standard InChI is InChI=1S/C16H20N2O2/c1-12-10-16(19,11-13(2)20-12)15-8-9-17-18(15)14-6-4-3-5-7-14/h3-9,12-13,19H,10-11H2,1-2H3. The van der Waals surface area contributed by atoms with Crippen LogP contribution in [0.1, 0.15) is 32.4 Å². The van der Waals surface area contributed by atoms with Crippen LogP contribution in [0.3, 0.4) is 0 Å². The van der Waals surface area contributed by atoms with Crippen LogP contribution in [0.15, 0.2) is 42.6 Å². The Bertz CT molecular complexity index is 569. The van der Waals surface area contributed by atoms with Crippen LogP contribution >= 0.6 is 0 Å². The van der Waals surface area contributed by atoms with Crippen molar-refractivity contribution in [1.82, 2.24) is 9.78 Å². The fourth-order valence-electron chi connectivity index (χ4n) is 3.17. The Balaban J connectivity index is 2.01. The second kappa shape index (κ2) is 5.04. The summed E-state index contributed by atoms with van der Waals surface area (Å²) in [5.74, 6) is 0. The first-order chi connectivity index (χ1) is 9.58. The van der Waals surface area contributed by atoms with E-state index in [9.17, 15) is 5.11 Å². The minimum absolute atomic E-state index is 0.0443. The Hall–Kier alpha value is -1.65. The number of nitrogens with zero attached hydrogens (tertiary/aromatic N) is 2. The molecule has 106 valence electrons. The van der Waals surface area contributed by atoms with Gasteiger partial charge >= 0.3 is 0 Å². The van der Waals surface area contributed by atoms with Crippen molar-refractivity contribution in [3.05, 3.63) is 48.3 Å². The molecule has 1 saturated heterocycles. The molecule has 1 fully saturated rings. The van der Waals surface area contributed by atoms with E-state index in [4.69, 9.17) is 4.74 Å². The van der Waals surface area contributed by atoms with E-state index >= 15 is 0 Å².